The summed E-state index contributed by atoms with van der Waals surface area (Å²) in [5, 5.41) is 11.3. The number of nitrogens with one attached hydrogen (secondary N) is 2. The van der Waals surface area contributed by atoms with Crippen molar-refractivity contribution in [3.8, 4) is 28.6 Å². The van der Waals surface area contributed by atoms with Crippen LogP contribution in [0.5, 0.6) is 5.75 Å². The third kappa shape index (κ3) is 4.31. The molecule has 1 aromatic carbocycles. The van der Waals surface area contributed by atoms with Crippen LogP contribution in [0, 0.1) is 0 Å². The maximum atomic E-state index is 12.5. The Hall–Kier alpha value is -3.38. The van der Waals surface area contributed by atoms with E-state index in [4.69, 9.17) is 16.1 Å². The van der Waals surface area contributed by atoms with Gasteiger partial charge in [0.05, 0.1) is 16.9 Å². The van der Waals surface area contributed by atoms with Gasteiger partial charge in [-0.1, -0.05) is 16.8 Å². The van der Waals surface area contributed by atoms with Gasteiger partial charge in [0, 0.05) is 17.5 Å². The van der Waals surface area contributed by atoms with Crippen LogP contribution in [0.4, 0.5) is 13.2 Å². The van der Waals surface area contributed by atoms with Gasteiger partial charge in [0.1, 0.15) is 17.0 Å². The van der Waals surface area contributed by atoms with E-state index < -0.39 is 12.1 Å². The minimum Gasteiger partial charge on any atom is -0.404 e. The minimum absolute atomic E-state index is 0.0878. The summed E-state index contributed by atoms with van der Waals surface area (Å²) in [6.07, 6.45) is -1.58. The molecule has 0 bridgehead atoms. The van der Waals surface area contributed by atoms with Crippen LogP contribution in [-0.4, -0.2) is 44.2 Å². The van der Waals surface area contributed by atoms with Crippen LogP contribution in [0.1, 0.15) is 24.5 Å². The van der Waals surface area contributed by atoms with Gasteiger partial charge in [0.15, 0.2) is 0 Å². The molecule has 0 spiro atoms. The fraction of sp³-hybridized carbons (Fsp3) is 0.300. The van der Waals surface area contributed by atoms with E-state index >= 15 is 0 Å². The summed E-state index contributed by atoms with van der Waals surface area (Å²) in [6.45, 7) is 1.71. The first-order chi connectivity index (χ1) is 15.8. The van der Waals surface area contributed by atoms with Gasteiger partial charge < -0.3 is 19.6 Å². The van der Waals surface area contributed by atoms with Crippen molar-refractivity contribution >= 4 is 17.2 Å². The summed E-state index contributed by atoms with van der Waals surface area (Å²) < 4.78 is 48.2. The summed E-state index contributed by atoms with van der Waals surface area (Å²) in [4.78, 5) is 19.4. The molecular weight excluding hydrogens is 465 g/mol. The second-order valence-electron chi connectivity index (χ2n) is 7.52. The molecule has 0 radical (unpaired) electrons. The molecule has 9 nitrogen and oxygen atoms in total. The Morgan fingerprint density at radius 2 is 2.00 bits per heavy atom. The molecule has 172 valence electrons. The average Bonchev–Trinajstić information content (AvgIpc) is 3.41. The number of piperidine rings is 1. The number of alkyl halides is 3. The van der Waals surface area contributed by atoms with Gasteiger partial charge in [-0.15, -0.1) is 13.2 Å². The molecule has 2 N–H and O–H groups in total. The highest BCUT2D eigenvalue weighted by molar-refractivity contribution is 6.32. The Balaban J connectivity index is 1.49. The summed E-state index contributed by atoms with van der Waals surface area (Å²) in [5.41, 5.74) is 1.69. The Bertz CT molecular complexity index is 1370. The van der Waals surface area contributed by atoms with Crippen molar-refractivity contribution < 1.29 is 22.4 Å². The van der Waals surface area contributed by atoms with Crippen molar-refractivity contribution in [2.75, 3.05) is 13.1 Å². The number of benzene rings is 1. The van der Waals surface area contributed by atoms with Gasteiger partial charge in [-0.2, -0.15) is 10.1 Å². The van der Waals surface area contributed by atoms with E-state index in [2.05, 4.69) is 30.3 Å². The predicted molar refractivity (Wildman–Crippen MR) is 111 cm³/mol. The summed E-state index contributed by atoms with van der Waals surface area (Å²) in [7, 11) is 0. The molecule has 1 fully saturated rings. The van der Waals surface area contributed by atoms with Crippen molar-refractivity contribution in [2.24, 2.45) is 0 Å². The predicted octanol–water partition coefficient (Wildman–Crippen LogP) is 3.76. The molecule has 0 saturated carbocycles. The summed E-state index contributed by atoms with van der Waals surface area (Å²) in [6, 6.07) is 5.18. The molecule has 0 atom stereocenters. The van der Waals surface area contributed by atoms with Gasteiger partial charge in [0.25, 0.3) is 11.4 Å². The Morgan fingerprint density at radius 3 is 2.73 bits per heavy atom. The number of rotatable bonds is 4. The van der Waals surface area contributed by atoms with E-state index in [1.807, 2.05) is 0 Å². The maximum Gasteiger partial charge on any atom is 0.573 e. The van der Waals surface area contributed by atoms with Crippen molar-refractivity contribution in [3.63, 3.8) is 0 Å². The van der Waals surface area contributed by atoms with Crippen LogP contribution in [0.2, 0.25) is 5.02 Å². The standard InChI is InChI=1S/C20H16ClF3N6O3/c21-13-7-11(1-2-15(13)32-20(22,23)24)17-28-19(33-29-17)12-9-26-30-14(8-16(31)27-18(12)30)10-3-5-25-6-4-10/h1-2,7-10,25H,3-6H2,(H,27,31). The Kier molecular flexibility index (Phi) is 5.33. The van der Waals surface area contributed by atoms with Crippen LogP contribution >= 0.6 is 11.6 Å². The lowest BCUT2D eigenvalue weighted by Gasteiger charge is -2.23. The van der Waals surface area contributed by atoms with Crippen molar-refractivity contribution in [2.45, 2.75) is 25.1 Å². The van der Waals surface area contributed by atoms with E-state index in [0.717, 1.165) is 37.7 Å². The van der Waals surface area contributed by atoms with Gasteiger partial charge >= 0.3 is 6.36 Å². The molecule has 1 aliphatic heterocycles. The Morgan fingerprint density at radius 1 is 1.21 bits per heavy atom. The fourth-order valence-corrected chi connectivity index (χ4v) is 4.09. The molecule has 0 unspecified atom stereocenters. The maximum absolute atomic E-state index is 12.5. The number of halogens is 4. The molecule has 0 aliphatic carbocycles. The molecule has 0 amide bonds. The summed E-state index contributed by atoms with van der Waals surface area (Å²) in [5.74, 6) is -0.171. The van der Waals surface area contributed by atoms with Crippen molar-refractivity contribution in [1.82, 2.24) is 30.1 Å². The molecule has 33 heavy (non-hydrogen) atoms. The highest BCUT2D eigenvalue weighted by Gasteiger charge is 2.32. The molecular formula is C20H16ClF3N6O3. The quantitative estimate of drug-likeness (QED) is 0.457. The van der Waals surface area contributed by atoms with E-state index in [9.17, 15) is 18.0 Å². The molecule has 13 heteroatoms. The first-order valence-corrected chi connectivity index (χ1v) is 10.4. The van der Waals surface area contributed by atoms with Crippen LogP contribution in [0.15, 0.2) is 39.8 Å². The third-order valence-corrected chi connectivity index (χ3v) is 5.66. The van der Waals surface area contributed by atoms with E-state index in [1.165, 1.54) is 18.3 Å². The molecule has 4 aromatic rings. The largest absolute Gasteiger partial charge is 0.573 e. The third-order valence-electron chi connectivity index (χ3n) is 5.36. The van der Waals surface area contributed by atoms with Gasteiger partial charge in [-0.3, -0.25) is 4.79 Å². The normalized spacial score (nSPS) is 15.3. The first-order valence-electron chi connectivity index (χ1n) is 10.00. The monoisotopic (exact) mass is 480 g/mol. The molecule has 5 rings (SSSR count). The number of nitrogens with zero attached hydrogens (tertiary/aromatic N) is 4. The zero-order valence-electron chi connectivity index (χ0n) is 16.8. The number of ether oxygens (including phenoxy) is 1. The van der Waals surface area contributed by atoms with Crippen molar-refractivity contribution in [3.05, 3.63) is 51.5 Å². The van der Waals surface area contributed by atoms with Crippen LogP contribution in [-0.2, 0) is 0 Å². The topological polar surface area (TPSA) is 110 Å². The van der Waals surface area contributed by atoms with Gasteiger partial charge in [-0.25, -0.2) is 4.52 Å². The Labute approximate surface area is 188 Å². The van der Waals surface area contributed by atoms with E-state index in [1.54, 1.807) is 10.6 Å². The fourth-order valence-electron chi connectivity index (χ4n) is 3.88. The molecule has 1 aliphatic rings. The average molecular weight is 481 g/mol. The summed E-state index contributed by atoms with van der Waals surface area (Å²) >= 11 is 5.91. The SMILES string of the molecule is O=c1cc(C2CCNCC2)n2ncc(-c3nc(-c4ccc(OC(F)(F)F)c(Cl)c4)no3)c2[nH]1. The highest BCUT2D eigenvalue weighted by atomic mass is 35.5. The number of fused-ring (bicyclic) bond motifs is 1. The second kappa shape index (κ2) is 8.19. The number of hydrogen-bond donors (Lipinski definition) is 2. The lowest BCUT2D eigenvalue weighted by Crippen LogP contribution is -2.28. The number of aromatic nitrogens is 5. The zero-order valence-corrected chi connectivity index (χ0v) is 17.6. The molecule has 1 saturated heterocycles. The number of aromatic amines is 1. The lowest BCUT2D eigenvalue weighted by atomic mass is 9.94. The van der Waals surface area contributed by atoms with Crippen LogP contribution < -0.4 is 15.6 Å². The number of H-pyrrole nitrogens is 1. The van der Waals surface area contributed by atoms with E-state index in [-0.39, 0.29) is 28.2 Å². The van der Waals surface area contributed by atoms with Crippen molar-refractivity contribution in [1.29, 1.82) is 0 Å². The van der Waals surface area contributed by atoms with Gasteiger partial charge in [-0.05, 0) is 44.1 Å². The molecule has 3 aromatic heterocycles. The highest BCUT2D eigenvalue weighted by Crippen LogP contribution is 2.34. The smallest absolute Gasteiger partial charge is 0.404 e. The molecule has 4 heterocycles. The minimum atomic E-state index is -4.86. The first kappa shape index (κ1) is 21.5. The second-order valence-corrected chi connectivity index (χ2v) is 7.92. The zero-order chi connectivity index (χ0) is 23.2. The number of hydrogen-bond acceptors (Lipinski definition) is 7. The lowest BCUT2D eigenvalue weighted by molar-refractivity contribution is -0.274. The van der Waals surface area contributed by atoms with Crippen LogP contribution in [0.25, 0.3) is 28.5 Å². The van der Waals surface area contributed by atoms with Gasteiger partial charge in [0.2, 0.25) is 5.82 Å². The van der Waals surface area contributed by atoms with E-state index in [0.29, 0.717) is 16.8 Å². The van der Waals surface area contributed by atoms with Crippen LogP contribution in [0.3, 0.4) is 0 Å².